The lowest BCUT2D eigenvalue weighted by Gasteiger charge is -2.18. The molecule has 0 bridgehead atoms. The Balaban J connectivity index is 2.20. The second-order valence-corrected chi connectivity index (χ2v) is 5.67. The summed E-state index contributed by atoms with van der Waals surface area (Å²) in [4.78, 5) is 31.1. The third-order valence-corrected chi connectivity index (χ3v) is 4.18. The molecule has 10 heteroatoms. The van der Waals surface area contributed by atoms with Crippen LogP contribution in [-0.2, 0) is 4.74 Å². The van der Waals surface area contributed by atoms with Crippen molar-refractivity contribution in [2.45, 2.75) is 44.3 Å². The monoisotopic (exact) mass is 337 g/mol. The van der Waals surface area contributed by atoms with Gasteiger partial charge in [0.05, 0.1) is 12.2 Å². The summed E-state index contributed by atoms with van der Waals surface area (Å²) in [6.45, 7) is 5.30. The van der Waals surface area contributed by atoms with Gasteiger partial charge in [-0.05, 0) is 6.42 Å². The predicted molar refractivity (Wildman–Crippen MR) is 86.2 cm³/mol. The molecule has 1 saturated heterocycles. The maximum Gasteiger partial charge on any atom is 0.336 e. The van der Waals surface area contributed by atoms with E-state index >= 15 is 0 Å². The van der Waals surface area contributed by atoms with Gasteiger partial charge in [0.2, 0.25) is 5.95 Å². The Morgan fingerprint density at radius 2 is 2.29 bits per heavy atom. The first-order valence-corrected chi connectivity index (χ1v) is 7.55. The van der Waals surface area contributed by atoms with Crippen molar-refractivity contribution < 1.29 is 14.9 Å². The molecule has 0 aliphatic carbocycles. The fraction of sp³-hybridized carbons (Fsp3) is 0.500. The average molecular weight is 337 g/mol. The van der Waals surface area contributed by atoms with Crippen molar-refractivity contribution in [2.24, 2.45) is 0 Å². The number of nitrogens with two attached hydrogens (primary N) is 1. The van der Waals surface area contributed by atoms with Gasteiger partial charge in [-0.2, -0.15) is 4.98 Å². The summed E-state index contributed by atoms with van der Waals surface area (Å²) in [5.41, 5.74) is 4.26. The number of aromatic nitrogens is 4. The van der Waals surface area contributed by atoms with Crippen molar-refractivity contribution in [1.29, 1.82) is 0 Å². The van der Waals surface area contributed by atoms with Crippen LogP contribution in [0, 0.1) is 0 Å². The van der Waals surface area contributed by atoms with Crippen molar-refractivity contribution in [3.63, 3.8) is 0 Å². The number of ether oxygens (including phenoxy) is 1. The molecule has 0 spiro atoms. The molecule has 0 aromatic carbocycles. The van der Waals surface area contributed by atoms with E-state index in [1.54, 1.807) is 6.92 Å². The Hall–Kier alpha value is -2.43. The molecule has 0 amide bonds. The topological polar surface area (TPSA) is 148 Å². The summed E-state index contributed by atoms with van der Waals surface area (Å²) in [6.07, 6.45) is -1.74. The SMILES string of the molecule is C=Cn1c(=O)n([C@@H]2O[C@H]([C@H](O)CC)C[C@H]2O)c2nc(N)[nH]c(=O)c21. The van der Waals surface area contributed by atoms with E-state index in [0.29, 0.717) is 6.42 Å². The number of H-pyrrole nitrogens is 1. The summed E-state index contributed by atoms with van der Waals surface area (Å²) in [7, 11) is 0. The van der Waals surface area contributed by atoms with Crippen LogP contribution in [0.1, 0.15) is 26.0 Å². The first-order chi connectivity index (χ1) is 11.4. The predicted octanol–water partition coefficient (Wildman–Crippen LogP) is -1.01. The number of aromatic amines is 1. The number of imidazole rings is 1. The molecule has 2 aromatic heterocycles. The van der Waals surface area contributed by atoms with E-state index in [2.05, 4.69) is 16.5 Å². The summed E-state index contributed by atoms with van der Waals surface area (Å²) in [6, 6.07) is 0. The number of aliphatic hydroxyl groups is 2. The molecule has 0 saturated carbocycles. The van der Waals surface area contributed by atoms with Gasteiger partial charge in [0.25, 0.3) is 5.56 Å². The van der Waals surface area contributed by atoms with Crippen LogP contribution < -0.4 is 17.0 Å². The highest BCUT2D eigenvalue weighted by atomic mass is 16.5. The molecule has 3 rings (SSSR count). The van der Waals surface area contributed by atoms with Gasteiger partial charge >= 0.3 is 5.69 Å². The van der Waals surface area contributed by atoms with Gasteiger partial charge < -0.3 is 20.7 Å². The van der Waals surface area contributed by atoms with E-state index in [1.165, 1.54) is 6.20 Å². The van der Waals surface area contributed by atoms with Crippen LogP contribution in [0.25, 0.3) is 17.4 Å². The molecule has 0 unspecified atom stereocenters. The molecule has 24 heavy (non-hydrogen) atoms. The maximum absolute atomic E-state index is 12.6. The number of rotatable bonds is 4. The standard InChI is InChI=1S/C14H19N5O5/c1-3-6(20)8-5-7(21)12(24-8)19-10-9(18(4-2)14(19)23)11(22)17-13(15)16-10/h4,6-8,12,20-21H,2-3,5H2,1H3,(H3,15,16,17,22)/t6-,7-,8+,12-/m1/s1. The molecular formula is C14H19N5O5. The Bertz CT molecular complexity index is 897. The van der Waals surface area contributed by atoms with E-state index in [9.17, 15) is 19.8 Å². The smallest absolute Gasteiger partial charge is 0.336 e. The van der Waals surface area contributed by atoms with E-state index in [1.807, 2.05) is 0 Å². The quantitative estimate of drug-likeness (QED) is 0.558. The number of nitrogen functional groups attached to an aromatic ring is 1. The minimum atomic E-state index is -1.08. The fourth-order valence-electron chi connectivity index (χ4n) is 2.98. The largest absolute Gasteiger partial charge is 0.390 e. The zero-order valence-corrected chi connectivity index (χ0v) is 13.0. The van der Waals surface area contributed by atoms with Gasteiger partial charge in [-0.3, -0.25) is 14.3 Å². The number of nitrogens with one attached hydrogen (secondary N) is 1. The molecule has 10 nitrogen and oxygen atoms in total. The minimum Gasteiger partial charge on any atom is -0.390 e. The van der Waals surface area contributed by atoms with Crippen LogP contribution >= 0.6 is 0 Å². The third-order valence-electron chi connectivity index (χ3n) is 4.18. The van der Waals surface area contributed by atoms with Crippen LogP contribution in [0.5, 0.6) is 0 Å². The molecule has 4 atom stereocenters. The van der Waals surface area contributed by atoms with Crippen LogP contribution in [0.3, 0.4) is 0 Å². The Labute approximate surface area is 135 Å². The van der Waals surface area contributed by atoms with Gasteiger partial charge in [-0.15, -0.1) is 0 Å². The fourth-order valence-corrected chi connectivity index (χ4v) is 2.98. The molecular weight excluding hydrogens is 318 g/mol. The van der Waals surface area contributed by atoms with Crippen molar-refractivity contribution in [3.05, 3.63) is 27.4 Å². The summed E-state index contributed by atoms with van der Waals surface area (Å²) in [5, 5.41) is 20.2. The average Bonchev–Trinajstić information content (AvgIpc) is 3.03. The molecule has 130 valence electrons. The Morgan fingerprint density at radius 3 is 2.92 bits per heavy atom. The van der Waals surface area contributed by atoms with Crippen LogP contribution in [-0.4, -0.2) is 47.6 Å². The summed E-state index contributed by atoms with van der Waals surface area (Å²) >= 11 is 0. The van der Waals surface area contributed by atoms with Crippen molar-refractivity contribution in [3.8, 4) is 0 Å². The Morgan fingerprint density at radius 1 is 1.58 bits per heavy atom. The van der Waals surface area contributed by atoms with Gasteiger partial charge in [-0.1, -0.05) is 13.5 Å². The van der Waals surface area contributed by atoms with Crippen LogP contribution in [0.15, 0.2) is 16.2 Å². The number of anilines is 1. The molecule has 1 aliphatic heterocycles. The van der Waals surface area contributed by atoms with Gasteiger partial charge in [0, 0.05) is 12.6 Å². The zero-order chi connectivity index (χ0) is 17.6. The maximum atomic E-state index is 12.6. The third kappa shape index (κ3) is 2.35. The van der Waals surface area contributed by atoms with Crippen molar-refractivity contribution >= 4 is 23.3 Å². The van der Waals surface area contributed by atoms with E-state index in [4.69, 9.17) is 10.5 Å². The first kappa shape index (κ1) is 16.4. The second kappa shape index (κ2) is 5.89. The number of hydrogen-bond donors (Lipinski definition) is 4. The van der Waals surface area contributed by atoms with Gasteiger partial charge in [-0.25, -0.2) is 9.36 Å². The van der Waals surface area contributed by atoms with Crippen molar-refractivity contribution in [1.82, 2.24) is 19.1 Å². The normalized spacial score (nSPS) is 25.2. The first-order valence-electron chi connectivity index (χ1n) is 7.55. The lowest BCUT2D eigenvalue weighted by Crippen LogP contribution is -2.31. The lowest BCUT2D eigenvalue weighted by molar-refractivity contribution is -0.0758. The van der Waals surface area contributed by atoms with E-state index < -0.39 is 35.8 Å². The van der Waals surface area contributed by atoms with Crippen LogP contribution in [0.2, 0.25) is 0 Å². The highest BCUT2D eigenvalue weighted by Gasteiger charge is 2.40. The molecule has 2 aromatic rings. The van der Waals surface area contributed by atoms with Crippen LogP contribution in [0.4, 0.5) is 5.95 Å². The number of fused-ring (bicyclic) bond motifs is 1. The zero-order valence-electron chi connectivity index (χ0n) is 13.0. The van der Waals surface area contributed by atoms with Gasteiger partial charge in [0.15, 0.2) is 17.4 Å². The molecule has 0 radical (unpaired) electrons. The van der Waals surface area contributed by atoms with Gasteiger partial charge in [0.1, 0.15) is 6.10 Å². The summed E-state index contributed by atoms with van der Waals surface area (Å²) in [5.74, 6) is -0.167. The van der Waals surface area contributed by atoms with E-state index in [0.717, 1.165) is 9.13 Å². The number of aliphatic hydroxyl groups excluding tert-OH is 2. The number of hydrogen-bond acceptors (Lipinski definition) is 7. The number of nitrogens with zero attached hydrogens (tertiary/aromatic N) is 3. The molecule has 1 aliphatic rings. The lowest BCUT2D eigenvalue weighted by atomic mass is 10.1. The van der Waals surface area contributed by atoms with Crippen molar-refractivity contribution in [2.75, 3.05) is 5.73 Å². The molecule has 1 fully saturated rings. The second-order valence-electron chi connectivity index (χ2n) is 5.67. The Kier molecular flexibility index (Phi) is 4.03. The molecule has 3 heterocycles. The minimum absolute atomic E-state index is 0.0168. The highest BCUT2D eigenvalue weighted by Crippen LogP contribution is 2.32. The highest BCUT2D eigenvalue weighted by molar-refractivity contribution is 5.74. The van der Waals surface area contributed by atoms with E-state index in [-0.39, 0.29) is 23.5 Å². The summed E-state index contributed by atoms with van der Waals surface area (Å²) < 4.78 is 7.74. The molecule has 5 N–H and O–H groups in total.